The number of amides is 1. The minimum Gasteiger partial charge on any atom is -0.340 e. The summed E-state index contributed by atoms with van der Waals surface area (Å²) in [6, 6.07) is 0. The monoisotopic (exact) mass is 153 g/mol. The predicted octanol–water partition coefficient (Wildman–Crippen LogP) is -1.03. The quantitative estimate of drug-likeness (QED) is 0.401. The SMILES string of the molecule is CC(NC=O)S(=O)(=O)O. The summed E-state index contributed by atoms with van der Waals surface area (Å²) in [6.07, 6.45) is 0.207. The number of carbonyl (C=O) groups is 1. The van der Waals surface area contributed by atoms with E-state index in [4.69, 9.17) is 4.55 Å². The molecule has 5 nitrogen and oxygen atoms in total. The van der Waals surface area contributed by atoms with Gasteiger partial charge < -0.3 is 5.32 Å². The molecule has 0 spiro atoms. The first-order valence-corrected chi connectivity index (χ1v) is 3.65. The van der Waals surface area contributed by atoms with Crippen molar-refractivity contribution < 1.29 is 17.8 Å². The van der Waals surface area contributed by atoms with Crippen LogP contribution in [0.4, 0.5) is 0 Å². The Morgan fingerprint density at radius 1 is 1.67 bits per heavy atom. The minimum atomic E-state index is -4.11. The Balaban J connectivity index is 4.05. The van der Waals surface area contributed by atoms with Crippen molar-refractivity contribution in [3.05, 3.63) is 0 Å². The van der Waals surface area contributed by atoms with Crippen LogP contribution >= 0.6 is 0 Å². The fourth-order valence-electron chi connectivity index (χ4n) is 0.182. The maximum absolute atomic E-state index is 10.1. The maximum Gasteiger partial charge on any atom is 0.285 e. The molecule has 0 saturated carbocycles. The van der Waals surface area contributed by atoms with Crippen LogP contribution in [0.5, 0.6) is 0 Å². The smallest absolute Gasteiger partial charge is 0.285 e. The van der Waals surface area contributed by atoms with Crippen LogP contribution in [-0.4, -0.2) is 24.8 Å². The molecule has 54 valence electrons. The summed E-state index contributed by atoms with van der Waals surface area (Å²) >= 11 is 0. The van der Waals surface area contributed by atoms with E-state index in [0.717, 1.165) is 6.92 Å². The summed E-state index contributed by atoms with van der Waals surface area (Å²) < 4.78 is 28.3. The molecule has 0 fully saturated rings. The highest BCUT2D eigenvalue weighted by molar-refractivity contribution is 7.86. The average molecular weight is 153 g/mol. The van der Waals surface area contributed by atoms with E-state index in [9.17, 15) is 13.2 Å². The van der Waals surface area contributed by atoms with Gasteiger partial charge in [0, 0.05) is 0 Å². The second kappa shape index (κ2) is 2.79. The first kappa shape index (κ1) is 8.38. The summed E-state index contributed by atoms with van der Waals surface area (Å²) in [5.74, 6) is 0. The van der Waals surface area contributed by atoms with Gasteiger partial charge in [0.25, 0.3) is 10.1 Å². The van der Waals surface area contributed by atoms with Gasteiger partial charge in [-0.1, -0.05) is 0 Å². The molecule has 0 aromatic heterocycles. The van der Waals surface area contributed by atoms with Gasteiger partial charge in [-0.2, -0.15) is 8.42 Å². The molecule has 0 rings (SSSR count). The highest BCUT2D eigenvalue weighted by Crippen LogP contribution is 1.89. The number of nitrogens with one attached hydrogen (secondary N) is 1. The van der Waals surface area contributed by atoms with E-state index in [2.05, 4.69) is 0 Å². The van der Waals surface area contributed by atoms with Crippen LogP contribution in [0.15, 0.2) is 0 Å². The molecule has 0 aliphatic rings. The zero-order valence-electron chi connectivity index (χ0n) is 4.73. The summed E-state index contributed by atoms with van der Waals surface area (Å²) in [5.41, 5.74) is 0. The fourth-order valence-corrected chi connectivity index (χ4v) is 0.409. The summed E-state index contributed by atoms with van der Waals surface area (Å²) in [6.45, 7) is 1.16. The Kier molecular flexibility index (Phi) is 2.60. The molecule has 0 radical (unpaired) electrons. The van der Waals surface area contributed by atoms with Gasteiger partial charge in [0.1, 0.15) is 0 Å². The third-order valence-electron chi connectivity index (χ3n) is 0.750. The molecule has 0 aromatic carbocycles. The lowest BCUT2D eigenvalue weighted by Gasteiger charge is -2.03. The minimum absolute atomic E-state index is 0.207. The molecule has 1 unspecified atom stereocenters. The van der Waals surface area contributed by atoms with Gasteiger partial charge in [0.05, 0.1) is 0 Å². The largest absolute Gasteiger partial charge is 0.340 e. The summed E-state index contributed by atoms with van der Waals surface area (Å²) in [5, 5.41) is 0.640. The van der Waals surface area contributed by atoms with Gasteiger partial charge in [0.2, 0.25) is 6.41 Å². The van der Waals surface area contributed by atoms with Crippen molar-refractivity contribution in [1.29, 1.82) is 0 Å². The Hall–Kier alpha value is -0.620. The lowest BCUT2D eigenvalue weighted by molar-refractivity contribution is -0.109. The molecule has 1 atom stereocenters. The van der Waals surface area contributed by atoms with Crippen molar-refractivity contribution >= 4 is 16.5 Å². The second-order valence-corrected chi connectivity index (χ2v) is 3.18. The van der Waals surface area contributed by atoms with Crippen molar-refractivity contribution in [2.24, 2.45) is 0 Å². The van der Waals surface area contributed by atoms with Crippen molar-refractivity contribution in [3.63, 3.8) is 0 Å². The van der Waals surface area contributed by atoms with Crippen molar-refractivity contribution in [1.82, 2.24) is 5.32 Å². The van der Waals surface area contributed by atoms with Crippen molar-refractivity contribution in [3.8, 4) is 0 Å². The van der Waals surface area contributed by atoms with Crippen LogP contribution in [0.25, 0.3) is 0 Å². The lowest BCUT2D eigenvalue weighted by atomic mass is 10.8. The summed E-state index contributed by atoms with van der Waals surface area (Å²) in [7, 11) is -4.11. The summed E-state index contributed by atoms with van der Waals surface area (Å²) in [4.78, 5) is 9.58. The van der Waals surface area contributed by atoms with E-state index in [1.807, 2.05) is 5.32 Å². The van der Waals surface area contributed by atoms with E-state index >= 15 is 0 Å². The Morgan fingerprint density at radius 3 is 2.22 bits per heavy atom. The van der Waals surface area contributed by atoms with E-state index in [-0.39, 0.29) is 6.41 Å². The maximum atomic E-state index is 10.1. The Morgan fingerprint density at radius 2 is 2.11 bits per heavy atom. The van der Waals surface area contributed by atoms with E-state index in [1.165, 1.54) is 0 Å². The van der Waals surface area contributed by atoms with Crippen LogP contribution in [0.2, 0.25) is 0 Å². The van der Waals surface area contributed by atoms with Gasteiger partial charge in [-0.15, -0.1) is 0 Å². The third kappa shape index (κ3) is 3.04. The molecule has 1 amide bonds. The normalized spacial score (nSPS) is 14.4. The standard InChI is InChI=1S/C3H7NO4S/c1-3(4-2-5)9(6,7)8/h2-3H,1H3,(H,4,5)(H,6,7,8). The van der Waals surface area contributed by atoms with Crippen LogP contribution in [0, 0.1) is 0 Å². The van der Waals surface area contributed by atoms with Gasteiger partial charge in [0.15, 0.2) is 5.37 Å². The molecule has 9 heavy (non-hydrogen) atoms. The Labute approximate surface area is 52.8 Å². The van der Waals surface area contributed by atoms with Crippen LogP contribution in [0.1, 0.15) is 6.92 Å². The van der Waals surface area contributed by atoms with Crippen LogP contribution in [-0.2, 0) is 14.9 Å². The van der Waals surface area contributed by atoms with Crippen molar-refractivity contribution in [2.45, 2.75) is 12.3 Å². The van der Waals surface area contributed by atoms with E-state index in [0.29, 0.717) is 0 Å². The Bertz CT molecular complexity index is 184. The molecule has 6 heteroatoms. The van der Waals surface area contributed by atoms with Gasteiger partial charge in [-0.05, 0) is 6.92 Å². The zero-order chi connectivity index (χ0) is 7.49. The molecule has 0 saturated heterocycles. The highest BCUT2D eigenvalue weighted by Gasteiger charge is 2.14. The molecule has 0 aliphatic carbocycles. The van der Waals surface area contributed by atoms with Crippen LogP contribution in [0.3, 0.4) is 0 Å². The zero-order valence-corrected chi connectivity index (χ0v) is 5.55. The molecule has 0 aromatic rings. The topological polar surface area (TPSA) is 83.5 Å². The van der Waals surface area contributed by atoms with E-state index < -0.39 is 15.5 Å². The molecular weight excluding hydrogens is 146 g/mol. The van der Waals surface area contributed by atoms with E-state index in [1.54, 1.807) is 0 Å². The first-order valence-electron chi connectivity index (χ1n) is 2.14. The number of hydrogen-bond acceptors (Lipinski definition) is 3. The predicted molar refractivity (Wildman–Crippen MR) is 30.2 cm³/mol. The fraction of sp³-hybridized carbons (Fsp3) is 0.667. The second-order valence-electron chi connectivity index (χ2n) is 1.44. The first-order chi connectivity index (χ1) is 3.98. The average Bonchev–Trinajstić information content (AvgIpc) is 1.64. The third-order valence-corrected chi connectivity index (χ3v) is 1.78. The van der Waals surface area contributed by atoms with Crippen molar-refractivity contribution in [2.75, 3.05) is 0 Å². The number of carbonyl (C=O) groups excluding carboxylic acids is 1. The van der Waals surface area contributed by atoms with Gasteiger partial charge >= 0.3 is 0 Å². The molecule has 0 heterocycles. The highest BCUT2D eigenvalue weighted by atomic mass is 32.2. The lowest BCUT2D eigenvalue weighted by Crippen LogP contribution is -2.32. The molecule has 0 aliphatic heterocycles. The van der Waals surface area contributed by atoms with Gasteiger partial charge in [-0.25, -0.2) is 0 Å². The number of hydrogen-bond donors (Lipinski definition) is 2. The molecule has 2 N–H and O–H groups in total. The molecule has 0 bridgehead atoms. The van der Waals surface area contributed by atoms with Crippen LogP contribution < -0.4 is 5.32 Å². The van der Waals surface area contributed by atoms with Gasteiger partial charge in [-0.3, -0.25) is 9.35 Å². The molecular formula is C3H7NO4S. The number of rotatable bonds is 3.